The van der Waals surface area contributed by atoms with Gasteiger partial charge in [0.05, 0.1) is 0 Å². The number of aromatic nitrogens is 2. The highest BCUT2D eigenvalue weighted by Crippen LogP contribution is 2.12. The van der Waals surface area contributed by atoms with Gasteiger partial charge in [-0.05, 0) is 37.9 Å². The minimum Gasteiger partial charge on any atom is -0.316 e. The van der Waals surface area contributed by atoms with Gasteiger partial charge in [0.15, 0.2) is 0 Å². The monoisotopic (exact) mass is 193 g/mol. The molecule has 0 aliphatic carbocycles. The van der Waals surface area contributed by atoms with E-state index in [-0.39, 0.29) is 5.69 Å². The molecule has 0 radical (unpaired) electrons. The van der Waals surface area contributed by atoms with E-state index >= 15 is 0 Å². The lowest BCUT2D eigenvalue weighted by Crippen LogP contribution is -2.23. The Labute approximate surface area is 83.0 Å². The SMILES string of the molecule is O=c1ncccn1CCC1CCNC1. The highest BCUT2D eigenvalue weighted by Gasteiger charge is 2.13. The molecule has 0 saturated carbocycles. The van der Waals surface area contributed by atoms with Crippen LogP contribution in [0.1, 0.15) is 12.8 Å². The summed E-state index contributed by atoms with van der Waals surface area (Å²) < 4.78 is 1.68. The Bertz CT molecular complexity index is 341. The smallest absolute Gasteiger partial charge is 0.316 e. The first-order valence-corrected chi connectivity index (χ1v) is 5.08. The van der Waals surface area contributed by atoms with E-state index < -0.39 is 0 Å². The normalized spacial score (nSPS) is 21.3. The summed E-state index contributed by atoms with van der Waals surface area (Å²) in [5.41, 5.74) is -0.140. The molecular weight excluding hydrogens is 178 g/mol. The van der Waals surface area contributed by atoms with Gasteiger partial charge in [0.2, 0.25) is 0 Å². The second kappa shape index (κ2) is 4.37. The molecule has 1 unspecified atom stereocenters. The Hall–Kier alpha value is -1.16. The first kappa shape index (κ1) is 9.40. The molecule has 76 valence electrons. The molecular formula is C10H15N3O. The third-order valence-corrected chi connectivity index (χ3v) is 2.72. The average molecular weight is 193 g/mol. The molecule has 1 saturated heterocycles. The van der Waals surface area contributed by atoms with Gasteiger partial charge in [-0.1, -0.05) is 0 Å². The van der Waals surface area contributed by atoms with Crippen LogP contribution in [0, 0.1) is 5.92 Å². The predicted octanol–water partition coefficient (Wildman–Crippen LogP) is 0.243. The van der Waals surface area contributed by atoms with E-state index in [1.807, 2.05) is 0 Å². The van der Waals surface area contributed by atoms with Crippen LogP contribution < -0.4 is 11.0 Å². The molecule has 4 heteroatoms. The van der Waals surface area contributed by atoms with Gasteiger partial charge in [-0.15, -0.1) is 0 Å². The van der Waals surface area contributed by atoms with Crippen LogP contribution in [0.25, 0.3) is 0 Å². The Morgan fingerprint density at radius 1 is 1.64 bits per heavy atom. The molecule has 1 aliphatic rings. The van der Waals surface area contributed by atoms with Crippen molar-refractivity contribution in [1.29, 1.82) is 0 Å². The van der Waals surface area contributed by atoms with E-state index in [0.29, 0.717) is 0 Å². The summed E-state index contributed by atoms with van der Waals surface area (Å²) in [6, 6.07) is 1.80. The topological polar surface area (TPSA) is 46.9 Å². The van der Waals surface area contributed by atoms with Gasteiger partial charge in [-0.3, -0.25) is 4.57 Å². The van der Waals surface area contributed by atoms with Crippen LogP contribution in [-0.2, 0) is 6.54 Å². The highest BCUT2D eigenvalue weighted by atomic mass is 16.1. The van der Waals surface area contributed by atoms with Crippen molar-refractivity contribution in [3.05, 3.63) is 28.9 Å². The van der Waals surface area contributed by atoms with E-state index in [4.69, 9.17) is 0 Å². The lowest BCUT2D eigenvalue weighted by atomic mass is 10.1. The zero-order valence-electron chi connectivity index (χ0n) is 8.15. The Balaban J connectivity index is 1.91. The first-order valence-electron chi connectivity index (χ1n) is 5.08. The van der Waals surface area contributed by atoms with Crippen molar-refractivity contribution < 1.29 is 0 Å². The van der Waals surface area contributed by atoms with E-state index in [1.165, 1.54) is 12.6 Å². The summed E-state index contributed by atoms with van der Waals surface area (Å²) in [4.78, 5) is 15.0. The summed E-state index contributed by atoms with van der Waals surface area (Å²) in [6.07, 6.45) is 5.64. The van der Waals surface area contributed by atoms with Crippen LogP contribution in [0.4, 0.5) is 0 Å². The van der Waals surface area contributed by atoms with Gasteiger partial charge >= 0.3 is 5.69 Å². The van der Waals surface area contributed by atoms with Crippen LogP contribution in [0.15, 0.2) is 23.3 Å². The molecule has 4 nitrogen and oxygen atoms in total. The summed E-state index contributed by atoms with van der Waals surface area (Å²) in [7, 11) is 0. The van der Waals surface area contributed by atoms with Crippen molar-refractivity contribution in [2.45, 2.75) is 19.4 Å². The van der Waals surface area contributed by atoms with Crippen molar-refractivity contribution in [3.63, 3.8) is 0 Å². The highest BCUT2D eigenvalue weighted by molar-refractivity contribution is 4.81. The zero-order chi connectivity index (χ0) is 9.80. The molecule has 1 N–H and O–H groups in total. The van der Waals surface area contributed by atoms with Gasteiger partial charge < -0.3 is 5.32 Å². The minimum atomic E-state index is -0.140. The maximum atomic E-state index is 11.3. The molecule has 0 aromatic carbocycles. The molecule has 1 fully saturated rings. The lowest BCUT2D eigenvalue weighted by molar-refractivity contribution is 0.470. The summed E-state index contributed by atoms with van der Waals surface area (Å²) >= 11 is 0. The van der Waals surface area contributed by atoms with Gasteiger partial charge in [-0.25, -0.2) is 9.78 Å². The quantitative estimate of drug-likeness (QED) is 0.748. The van der Waals surface area contributed by atoms with Gasteiger partial charge in [0, 0.05) is 18.9 Å². The Morgan fingerprint density at radius 2 is 2.57 bits per heavy atom. The van der Waals surface area contributed by atoms with Crippen LogP contribution in [0.2, 0.25) is 0 Å². The zero-order valence-corrected chi connectivity index (χ0v) is 8.15. The fourth-order valence-corrected chi connectivity index (χ4v) is 1.84. The molecule has 2 heterocycles. The third-order valence-electron chi connectivity index (χ3n) is 2.72. The predicted molar refractivity (Wildman–Crippen MR) is 54.1 cm³/mol. The largest absolute Gasteiger partial charge is 0.347 e. The molecule has 0 amide bonds. The molecule has 2 rings (SSSR count). The summed E-state index contributed by atoms with van der Waals surface area (Å²) in [5, 5.41) is 3.32. The van der Waals surface area contributed by atoms with Crippen LogP contribution in [0.3, 0.4) is 0 Å². The summed E-state index contributed by atoms with van der Waals surface area (Å²) in [6.45, 7) is 3.00. The van der Waals surface area contributed by atoms with Gasteiger partial charge in [0.25, 0.3) is 0 Å². The molecule has 1 aliphatic heterocycles. The lowest BCUT2D eigenvalue weighted by Gasteiger charge is -2.08. The molecule has 14 heavy (non-hydrogen) atoms. The number of rotatable bonds is 3. The van der Waals surface area contributed by atoms with Gasteiger partial charge in [-0.2, -0.15) is 0 Å². The first-order chi connectivity index (χ1) is 6.86. The molecule has 0 bridgehead atoms. The van der Waals surface area contributed by atoms with Crippen molar-refractivity contribution in [2.24, 2.45) is 5.92 Å². The average Bonchev–Trinajstić information content (AvgIpc) is 2.69. The Morgan fingerprint density at radius 3 is 3.29 bits per heavy atom. The number of hydrogen-bond acceptors (Lipinski definition) is 3. The maximum Gasteiger partial charge on any atom is 0.347 e. The van der Waals surface area contributed by atoms with Crippen LogP contribution in [0.5, 0.6) is 0 Å². The van der Waals surface area contributed by atoms with Crippen molar-refractivity contribution >= 4 is 0 Å². The van der Waals surface area contributed by atoms with Crippen molar-refractivity contribution in [3.8, 4) is 0 Å². The third kappa shape index (κ3) is 2.20. The second-order valence-corrected chi connectivity index (χ2v) is 3.74. The van der Waals surface area contributed by atoms with E-state index in [9.17, 15) is 4.79 Å². The van der Waals surface area contributed by atoms with Crippen LogP contribution >= 0.6 is 0 Å². The van der Waals surface area contributed by atoms with Crippen molar-refractivity contribution in [1.82, 2.24) is 14.9 Å². The van der Waals surface area contributed by atoms with Gasteiger partial charge in [0.1, 0.15) is 0 Å². The molecule has 1 aromatic rings. The summed E-state index contributed by atoms with van der Waals surface area (Å²) in [5.74, 6) is 0.724. The molecule has 1 aromatic heterocycles. The fourth-order valence-electron chi connectivity index (χ4n) is 1.84. The van der Waals surface area contributed by atoms with Crippen LogP contribution in [-0.4, -0.2) is 22.6 Å². The van der Waals surface area contributed by atoms with E-state index in [2.05, 4.69) is 10.3 Å². The number of nitrogens with zero attached hydrogens (tertiary/aromatic N) is 2. The van der Waals surface area contributed by atoms with Crippen molar-refractivity contribution in [2.75, 3.05) is 13.1 Å². The number of nitrogens with one attached hydrogen (secondary N) is 1. The fraction of sp³-hybridized carbons (Fsp3) is 0.600. The molecule has 1 atom stereocenters. The van der Waals surface area contributed by atoms with E-state index in [0.717, 1.165) is 32.0 Å². The number of hydrogen-bond donors (Lipinski definition) is 1. The van der Waals surface area contributed by atoms with E-state index in [1.54, 1.807) is 16.8 Å². The Kier molecular flexibility index (Phi) is 2.93. The standard InChI is InChI=1S/C10H15N3O/c14-10-12-4-1-6-13(10)7-3-9-2-5-11-8-9/h1,4,6,9,11H,2-3,5,7-8H2. The second-order valence-electron chi connectivity index (χ2n) is 3.74. The molecule has 0 spiro atoms. The minimum absolute atomic E-state index is 0.140. The maximum absolute atomic E-state index is 11.3. The number of aryl methyl sites for hydroxylation is 1.